The number of methoxy groups -OCH3 is 2. The van der Waals surface area contributed by atoms with E-state index in [9.17, 15) is 9.59 Å². The quantitative estimate of drug-likeness (QED) is 0.0821. The molecular formula is C27H45IO5. The first-order chi connectivity index (χ1) is 15.5. The highest BCUT2D eigenvalue weighted by atomic mass is 127. The number of esters is 1. The molecule has 0 spiro atoms. The number of rotatable bonds is 17. The van der Waals surface area contributed by atoms with Gasteiger partial charge in [-0.2, -0.15) is 0 Å². The second-order valence-electron chi connectivity index (χ2n) is 9.34. The molecule has 0 heterocycles. The van der Waals surface area contributed by atoms with E-state index in [-0.39, 0.29) is 42.2 Å². The number of carbonyl (C=O) groups is 2. The summed E-state index contributed by atoms with van der Waals surface area (Å²) in [5, 5.41) is 0. The fraction of sp³-hybridized carbons (Fsp3) is 0.704. The van der Waals surface area contributed by atoms with Crippen LogP contribution in [0.2, 0.25) is 0 Å². The summed E-state index contributed by atoms with van der Waals surface area (Å²) in [5.41, 5.74) is 0.0737. The van der Waals surface area contributed by atoms with Gasteiger partial charge in [0.1, 0.15) is 11.9 Å². The van der Waals surface area contributed by atoms with Crippen LogP contribution in [0.15, 0.2) is 34.5 Å². The van der Waals surface area contributed by atoms with Crippen molar-refractivity contribution in [2.45, 2.75) is 92.0 Å². The Morgan fingerprint density at radius 2 is 1.79 bits per heavy atom. The first-order valence-corrected chi connectivity index (χ1v) is 13.0. The first-order valence-electron chi connectivity index (χ1n) is 11.8. The number of unbranched alkanes of at least 4 members (excludes halogenated alkanes) is 1. The van der Waals surface area contributed by atoms with Crippen LogP contribution in [-0.2, 0) is 23.8 Å². The van der Waals surface area contributed by atoms with Crippen molar-refractivity contribution in [3.8, 4) is 0 Å². The van der Waals surface area contributed by atoms with Crippen molar-refractivity contribution < 1.29 is 23.8 Å². The van der Waals surface area contributed by atoms with Crippen LogP contribution < -0.4 is 0 Å². The molecule has 5 nitrogen and oxygen atoms in total. The molecule has 0 aliphatic rings. The third kappa shape index (κ3) is 10.4. The molecule has 0 N–H and O–H groups in total. The molecule has 0 radical (unpaired) electrons. The zero-order valence-electron chi connectivity index (χ0n) is 21.9. The van der Waals surface area contributed by atoms with E-state index in [0.29, 0.717) is 6.42 Å². The molecule has 5 unspecified atom stereocenters. The van der Waals surface area contributed by atoms with Crippen molar-refractivity contribution in [2.75, 3.05) is 14.2 Å². The molecule has 0 aliphatic heterocycles. The van der Waals surface area contributed by atoms with E-state index < -0.39 is 11.5 Å². The first kappa shape index (κ1) is 32.0. The van der Waals surface area contributed by atoms with Crippen LogP contribution in [0.4, 0.5) is 0 Å². The predicted molar refractivity (Wildman–Crippen MR) is 144 cm³/mol. The zero-order chi connectivity index (χ0) is 25.6. The van der Waals surface area contributed by atoms with E-state index in [1.165, 1.54) is 7.11 Å². The molecular weight excluding hydrogens is 531 g/mol. The molecule has 0 aromatic rings. The minimum atomic E-state index is -0.878. The van der Waals surface area contributed by atoms with Crippen LogP contribution >= 0.6 is 22.6 Å². The van der Waals surface area contributed by atoms with Gasteiger partial charge < -0.3 is 14.2 Å². The van der Waals surface area contributed by atoms with Crippen molar-refractivity contribution >= 4 is 34.3 Å². The van der Waals surface area contributed by atoms with Crippen LogP contribution in [0.5, 0.6) is 0 Å². The minimum absolute atomic E-state index is 0.000678. The summed E-state index contributed by atoms with van der Waals surface area (Å²) in [4.78, 5) is 26.3. The van der Waals surface area contributed by atoms with Crippen LogP contribution in [0.3, 0.4) is 0 Å². The van der Waals surface area contributed by atoms with Gasteiger partial charge in [0.15, 0.2) is 0 Å². The van der Waals surface area contributed by atoms with E-state index in [2.05, 4.69) is 48.2 Å². The number of allylic oxidation sites excluding steroid dienone is 2. The molecule has 0 fully saturated rings. The van der Waals surface area contributed by atoms with E-state index in [4.69, 9.17) is 14.2 Å². The van der Waals surface area contributed by atoms with Crippen molar-refractivity contribution in [1.29, 1.82) is 0 Å². The largest absolute Gasteiger partial charge is 0.457 e. The number of ketones is 1. The SMILES string of the molecule is C=CCC(OC(=O)CC(OC)C(C)(C)C(=O)C(C)C(OC)C(C)CCCC=CC)/C(C)=C/I. The summed E-state index contributed by atoms with van der Waals surface area (Å²) in [6, 6.07) is 0. The van der Waals surface area contributed by atoms with Gasteiger partial charge in [-0.3, -0.25) is 9.59 Å². The molecule has 0 bridgehead atoms. The van der Waals surface area contributed by atoms with E-state index >= 15 is 0 Å². The maximum Gasteiger partial charge on any atom is 0.309 e. The van der Waals surface area contributed by atoms with Crippen molar-refractivity contribution in [1.82, 2.24) is 0 Å². The standard InChI is InChI=1S/C27H45IO5/c1-10-12-13-14-16-19(3)25(32-9)21(5)26(30)27(6,7)23(31-8)17-24(29)33-22(15-11-2)20(4)18-28/h10-12,18-19,21-23,25H,2,13-17H2,1,3-9H3/b12-10?,20-18+. The Labute approximate surface area is 215 Å². The summed E-state index contributed by atoms with van der Waals surface area (Å²) in [7, 11) is 3.20. The Hall–Kier alpha value is -0.990. The molecule has 33 heavy (non-hydrogen) atoms. The number of halogens is 1. The number of hydrogen-bond donors (Lipinski definition) is 0. The van der Waals surface area contributed by atoms with Crippen LogP contribution in [0.1, 0.15) is 73.6 Å². The lowest BCUT2D eigenvalue weighted by Gasteiger charge is -2.37. The highest BCUT2D eigenvalue weighted by Crippen LogP contribution is 2.34. The summed E-state index contributed by atoms with van der Waals surface area (Å²) in [6.45, 7) is 15.4. The number of Topliss-reactive ketones (excluding diaryl/α,β-unsaturated/α-hetero) is 1. The van der Waals surface area contributed by atoms with Crippen molar-refractivity contribution in [3.05, 3.63) is 34.5 Å². The molecule has 6 heteroatoms. The zero-order valence-corrected chi connectivity index (χ0v) is 24.0. The Bertz CT molecular complexity index is 667. The Morgan fingerprint density at radius 1 is 1.15 bits per heavy atom. The molecule has 0 rings (SSSR count). The normalized spacial score (nSPS) is 17.3. The molecule has 0 aromatic carbocycles. The van der Waals surface area contributed by atoms with Gasteiger partial charge in [0, 0.05) is 26.6 Å². The van der Waals surface area contributed by atoms with Gasteiger partial charge in [0.25, 0.3) is 0 Å². The Kier molecular flexibility index (Phi) is 16.1. The van der Waals surface area contributed by atoms with Crippen LogP contribution in [0, 0.1) is 17.3 Å². The number of carbonyl (C=O) groups excluding carboxylic acids is 2. The maximum atomic E-state index is 13.6. The molecule has 0 saturated heterocycles. The summed E-state index contributed by atoms with van der Waals surface area (Å²) >= 11 is 2.13. The lowest BCUT2D eigenvalue weighted by Crippen LogP contribution is -2.46. The lowest BCUT2D eigenvalue weighted by molar-refractivity contribution is -0.156. The smallest absolute Gasteiger partial charge is 0.309 e. The molecule has 0 aliphatic carbocycles. The van der Waals surface area contributed by atoms with Gasteiger partial charge in [-0.25, -0.2) is 0 Å². The Morgan fingerprint density at radius 3 is 2.27 bits per heavy atom. The van der Waals surface area contributed by atoms with Crippen molar-refractivity contribution in [2.24, 2.45) is 17.3 Å². The van der Waals surface area contributed by atoms with Gasteiger partial charge in [-0.15, -0.1) is 6.58 Å². The lowest BCUT2D eigenvalue weighted by atomic mass is 9.72. The van der Waals surface area contributed by atoms with Crippen LogP contribution in [0.25, 0.3) is 0 Å². The van der Waals surface area contributed by atoms with Gasteiger partial charge in [0.2, 0.25) is 0 Å². The summed E-state index contributed by atoms with van der Waals surface area (Å²) in [5.74, 6) is -0.447. The molecule has 190 valence electrons. The summed E-state index contributed by atoms with van der Waals surface area (Å²) in [6.07, 6.45) is 8.39. The van der Waals surface area contributed by atoms with Gasteiger partial charge in [0.05, 0.1) is 24.0 Å². The number of ether oxygens (including phenoxy) is 3. The predicted octanol–water partition coefficient (Wildman–Crippen LogP) is 6.85. The second kappa shape index (κ2) is 16.6. The van der Waals surface area contributed by atoms with Gasteiger partial charge in [-0.05, 0) is 48.7 Å². The maximum absolute atomic E-state index is 13.6. The molecule has 5 atom stereocenters. The molecule has 0 amide bonds. The van der Waals surface area contributed by atoms with E-state index in [0.717, 1.165) is 24.8 Å². The molecule has 0 aromatic heterocycles. The monoisotopic (exact) mass is 576 g/mol. The van der Waals surface area contributed by atoms with E-state index in [1.807, 2.05) is 38.7 Å². The summed E-state index contributed by atoms with van der Waals surface area (Å²) < 4.78 is 19.0. The average molecular weight is 577 g/mol. The van der Waals surface area contributed by atoms with Gasteiger partial charge >= 0.3 is 5.97 Å². The third-order valence-electron chi connectivity index (χ3n) is 6.42. The fourth-order valence-electron chi connectivity index (χ4n) is 4.25. The topological polar surface area (TPSA) is 61.8 Å². The van der Waals surface area contributed by atoms with E-state index in [1.54, 1.807) is 13.2 Å². The molecule has 0 saturated carbocycles. The van der Waals surface area contributed by atoms with Crippen molar-refractivity contribution in [3.63, 3.8) is 0 Å². The van der Waals surface area contributed by atoms with Gasteiger partial charge in [-0.1, -0.05) is 68.5 Å². The Balaban J connectivity index is 5.34. The fourth-order valence-corrected chi connectivity index (χ4v) is 4.65. The number of hydrogen-bond acceptors (Lipinski definition) is 5. The van der Waals surface area contributed by atoms with Crippen LogP contribution in [-0.4, -0.2) is 44.3 Å². The highest BCUT2D eigenvalue weighted by molar-refractivity contribution is 14.1. The second-order valence-corrected chi connectivity index (χ2v) is 9.96. The minimum Gasteiger partial charge on any atom is -0.457 e. The highest BCUT2D eigenvalue weighted by Gasteiger charge is 2.43. The average Bonchev–Trinajstić information content (AvgIpc) is 2.79. The third-order valence-corrected chi connectivity index (χ3v) is 7.40.